The van der Waals surface area contributed by atoms with Crippen LogP contribution in [0.15, 0.2) is 24.3 Å². The van der Waals surface area contributed by atoms with Crippen LogP contribution >= 0.6 is 11.6 Å². The van der Waals surface area contributed by atoms with Gasteiger partial charge in [0.05, 0.1) is 0 Å². The standard InChI is InChI=1S/C14H19ClN2O/c1-2-13-7-4-8-17(13)14(18)16-10-11-5-3-6-12(15)9-11/h3,5-6,9,13H,2,4,7-8,10H2,1H3,(H,16,18). The Hall–Kier alpha value is -1.22. The summed E-state index contributed by atoms with van der Waals surface area (Å²) >= 11 is 5.91. The van der Waals surface area contributed by atoms with Crippen molar-refractivity contribution in [2.24, 2.45) is 0 Å². The molecule has 2 amide bonds. The molecule has 0 bridgehead atoms. The maximum absolute atomic E-state index is 12.1. The van der Waals surface area contributed by atoms with E-state index in [-0.39, 0.29) is 6.03 Å². The SMILES string of the molecule is CCC1CCCN1C(=O)NCc1cccc(Cl)c1. The van der Waals surface area contributed by atoms with Crippen molar-refractivity contribution >= 4 is 17.6 Å². The Labute approximate surface area is 113 Å². The van der Waals surface area contributed by atoms with Gasteiger partial charge in [-0.2, -0.15) is 0 Å². The first kappa shape index (κ1) is 13.2. The summed E-state index contributed by atoms with van der Waals surface area (Å²) in [6.45, 7) is 3.54. The molecule has 1 fully saturated rings. The second-order valence-electron chi connectivity index (χ2n) is 4.69. The third-order valence-electron chi connectivity index (χ3n) is 3.44. The Morgan fingerprint density at radius 2 is 2.39 bits per heavy atom. The fourth-order valence-electron chi connectivity index (χ4n) is 2.45. The molecule has 2 rings (SSSR count). The van der Waals surface area contributed by atoms with Gasteiger partial charge in [-0.15, -0.1) is 0 Å². The van der Waals surface area contributed by atoms with Crippen molar-refractivity contribution in [2.45, 2.75) is 38.8 Å². The average Bonchev–Trinajstić information content (AvgIpc) is 2.84. The van der Waals surface area contributed by atoms with Gasteiger partial charge in [0.15, 0.2) is 0 Å². The molecule has 0 saturated carbocycles. The summed E-state index contributed by atoms with van der Waals surface area (Å²) in [6.07, 6.45) is 3.27. The van der Waals surface area contributed by atoms with E-state index in [0.717, 1.165) is 31.4 Å². The van der Waals surface area contributed by atoms with Crippen molar-refractivity contribution in [1.82, 2.24) is 10.2 Å². The molecule has 1 atom stereocenters. The van der Waals surface area contributed by atoms with E-state index in [1.165, 1.54) is 0 Å². The van der Waals surface area contributed by atoms with Gasteiger partial charge < -0.3 is 10.2 Å². The van der Waals surface area contributed by atoms with E-state index in [1.54, 1.807) is 0 Å². The number of amides is 2. The smallest absolute Gasteiger partial charge is 0.317 e. The van der Waals surface area contributed by atoms with E-state index < -0.39 is 0 Å². The minimum Gasteiger partial charge on any atom is -0.334 e. The van der Waals surface area contributed by atoms with Crippen LogP contribution in [0.3, 0.4) is 0 Å². The lowest BCUT2D eigenvalue weighted by Crippen LogP contribution is -2.42. The van der Waals surface area contributed by atoms with Gasteiger partial charge >= 0.3 is 6.03 Å². The fraction of sp³-hybridized carbons (Fsp3) is 0.500. The van der Waals surface area contributed by atoms with E-state index in [4.69, 9.17) is 11.6 Å². The zero-order valence-electron chi connectivity index (χ0n) is 10.7. The summed E-state index contributed by atoms with van der Waals surface area (Å²) in [6, 6.07) is 8.02. The highest BCUT2D eigenvalue weighted by molar-refractivity contribution is 6.30. The van der Waals surface area contributed by atoms with Gasteiger partial charge in [-0.25, -0.2) is 4.79 Å². The normalized spacial score (nSPS) is 19.0. The molecule has 0 aliphatic carbocycles. The maximum Gasteiger partial charge on any atom is 0.317 e. The summed E-state index contributed by atoms with van der Waals surface area (Å²) in [7, 11) is 0. The monoisotopic (exact) mass is 266 g/mol. The summed E-state index contributed by atoms with van der Waals surface area (Å²) in [4.78, 5) is 14.0. The Balaban J connectivity index is 1.88. The van der Waals surface area contributed by atoms with Gasteiger partial charge in [0.2, 0.25) is 0 Å². The van der Waals surface area contributed by atoms with Crippen molar-refractivity contribution in [3.8, 4) is 0 Å². The summed E-state index contributed by atoms with van der Waals surface area (Å²) in [5.74, 6) is 0. The lowest BCUT2D eigenvalue weighted by molar-refractivity contribution is 0.191. The molecule has 1 aromatic carbocycles. The van der Waals surface area contributed by atoms with E-state index in [1.807, 2.05) is 29.2 Å². The first-order valence-electron chi connectivity index (χ1n) is 6.49. The van der Waals surface area contributed by atoms with Crippen LogP contribution < -0.4 is 5.32 Å². The number of carbonyl (C=O) groups excluding carboxylic acids is 1. The van der Waals surface area contributed by atoms with Crippen LogP contribution in [0.5, 0.6) is 0 Å². The predicted octanol–water partition coefficient (Wildman–Crippen LogP) is 3.42. The molecule has 0 radical (unpaired) electrons. The lowest BCUT2D eigenvalue weighted by atomic mass is 10.2. The van der Waals surface area contributed by atoms with E-state index in [2.05, 4.69) is 12.2 Å². The molecule has 1 heterocycles. The van der Waals surface area contributed by atoms with Crippen LogP contribution in [0, 0.1) is 0 Å². The fourth-order valence-corrected chi connectivity index (χ4v) is 2.67. The molecule has 98 valence electrons. The van der Waals surface area contributed by atoms with Crippen LogP contribution in [0.25, 0.3) is 0 Å². The first-order chi connectivity index (χ1) is 8.70. The lowest BCUT2D eigenvalue weighted by Gasteiger charge is -2.23. The van der Waals surface area contributed by atoms with Crippen molar-refractivity contribution in [2.75, 3.05) is 6.54 Å². The Morgan fingerprint density at radius 1 is 1.56 bits per heavy atom. The van der Waals surface area contributed by atoms with Gasteiger partial charge in [-0.1, -0.05) is 30.7 Å². The largest absolute Gasteiger partial charge is 0.334 e. The third kappa shape index (κ3) is 3.16. The number of benzene rings is 1. The molecule has 1 N–H and O–H groups in total. The van der Waals surface area contributed by atoms with Crippen molar-refractivity contribution in [3.05, 3.63) is 34.9 Å². The molecule has 3 nitrogen and oxygen atoms in total. The van der Waals surface area contributed by atoms with E-state index in [0.29, 0.717) is 17.6 Å². The number of nitrogens with zero attached hydrogens (tertiary/aromatic N) is 1. The molecule has 0 spiro atoms. The predicted molar refractivity (Wildman–Crippen MR) is 73.7 cm³/mol. The molecule has 1 aliphatic heterocycles. The summed E-state index contributed by atoms with van der Waals surface area (Å²) < 4.78 is 0. The average molecular weight is 267 g/mol. The molecular formula is C14H19ClN2O. The molecule has 1 unspecified atom stereocenters. The van der Waals surface area contributed by atoms with Gasteiger partial charge in [0.1, 0.15) is 0 Å². The third-order valence-corrected chi connectivity index (χ3v) is 3.68. The highest BCUT2D eigenvalue weighted by Gasteiger charge is 2.26. The molecule has 1 saturated heterocycles. The zero-order chi connectivity index (χ0) is 13.0. The van der Waals surface area contributed by atoms with Crippen LogP contribution in [0.2, 0.25) is 5.02 Å². The summed E-state index contributed by atoms with van der Waals surface area (Å²) in [5.41, 5.74) is 1.03. The van der Waals surface area contributed by atoms with Crippen molar-refractivity contribution in [3.63, 3.8) is 0 Å². The van der Waals surface area contributed by atoms with Crippen LogP contribution in [-0.2, 0) is 6.54 Å². The molecular weight excluding hydrogens is 248 g/mol. The Morgan fingerprint density at radius 3 is 3.11 bits per heavy atom. The number of urea groups is 1. The van der Waals surface area contributed by atoms with E-state index >= 15 is 0 Å². The van der Waals surface area contributed by atoms with Crippen molar-refractivity contribution < 1.29 is 4.79 Å². The Bertz CT molecular complexity index is 422. The van der Waals surface area contributed by atoms with Gasteiger partial charge in [0, 0.05) is 24.2 Å². The zero-order valence-corrected chi connectivity index (χ0v) is 11.4. The van der Waals surface area contributed by atoms with Gasteiger partial charge in [-0.3, -0.25) is 0 Å². The van der Waals surface area contributed by atoms with Crippen LogP contribution in [0.4, 0.5) is 4.79 Å². The number of carbonyl (C=O) groups is 1. The minimum absolute atomic E-state index is 0.0410. The molecule has 1 aromatic rings. The molecule has 18 heavy (non-hydrogen) atoms. The number of likely N-dealkylation sites (tertiary alicyclic amines) is 1. The molecule has 0 aromatic heterocycles. The number of halogens is 1. The second kappa shape index (κ2) is 6.10. The summed E-state index contributed by atoms with van der Waals surface area (Å²) in [5, 5.41) is 3.66. The Kier molecular flexibility index (Phi) is 4.48. The van der Waals surface area contributed by atoms with E-state index in [9.17, 15) is 4.79 Å². The number of hydrogen-bond donors (Lipinski definition) is 1. The quantitative estimate of drug-likeness (QED) is 0.893. The van der Waals surface area contributed by atoms with Crippen LogP contribution in [0.1, 0.15) is 31.7 Å². The highest BCUT2D eigenvalue weighted by Crippen LogP contribution is 2.19. The minimum atomic E-state index is 0.0410. The number of rotatable bonds is 3. The van der Waals surface area contributed by atoms with Crippen LogP contribution in [-0.4, -0.2) is 23.5 Å². The topological polar surface area (TPSA) is 32.3 Å². The number of hydrogen-bond acceptors (Lipinski definition) is 1. The molecule has 4 heteroatoms. The number of nitrogens with one attached hydrogen (secondary N) is 1. The molecule has 1 aliphatic rings. The van der Waals surface area contributed by atoms with Gasteiger partial charge in [0.25, 0.3) is 0 Å². The first-order valence-corrected chi connectivity index (χ1v) is 6.87. The van der Waals surface area contributed by atoms with Gasteiger partial charge in [-0.05, 0) is 37.0 Å². The highest BCUT2D eigenvalue weighted by atomic mass is 35.5. The maximum atomic E-state index is 12.1. The second-order valence-corrected chi connectivity index (χ2v) is 5.12. The van der Waals surface area contributed by atoms with Crippen molar-refractivity contribution in [1.29, 1.82) is 0 Å².